The lowest BCUT2D eigenvalue weighted by molar-refractivity contribution is 0.0730. The van der Waals surface area contributed by atoms with Crippen molar-refractivity contribution in [2.75, 3.05) is 31.6 Å². The number of nitrogens with zero attached hydrogens (tertiary/aromatic N) is 2. The zero-order valence-corrected chi connectivity index (χ0v) is 17.0. The highest BCUT2D eigenvalue weighted by molar-refractivity contribution is 7.89. The Bertz CT molecular complexity index is 1140. The Balaban J connectivity index is 1.57. The van der Waals surface area contributed by atoms with Gasteiger partial charge in [-0.25, -0.2) is 13.4 Å². The highest BCUT2D eigenvalue weighted by Gasteiger charge is 2.27. The lowest BCUT2D eigenvalue weighted by atomic mass is 10.2. The number of morpholine rings is 1. The molecule has 4 rings (SSSR count). The second-order valence-electron chi connectivity index (χ2n) is 6.13. The molecule has 146 valence electrons. The second kappa shape index (κ2) is 7.76. The van der Waals surface area contributed by atoms with E-state index < -0.39 is 15.9 Å². The van der Waals surface area contributed by atoms with Gasteiger partial charge in [-0.05, 0) is 36.4 Å². The number of halogens is 1. The molecule has 0 unspecified atom stereocenters. The molecule has 0 saturated carbocycles. The van der Waals surface area contributed by atoms with Crippen LogP contribution in [-0.2, 0) is 14.8 Å². The van der Waals surface area contributed by atoms with Crippen molar-refractivity contribution < 1.29 is 17.9 Å². The molecule has 1 amide bonds. The van der Waals surface area contributed by atoms with E-state index in [1.165, 1.54) is 27.8 Å². The average molecular weight is 438 g/mol. The van der Waals surface area contributed by atoms with Crippen molar-refractivity contribution >= 4 is 54.2 Å². The first-order valence-corrected chi connectivity index (χ1v) is 11.1. The topological polar surface area (TPSA) is 88.6 Å². The SMILES string of the molecule is O=C(Nc1nc2ccc(Cl)cc2s1)c1cccc(S(=O)(=O)N2CCOCC2)c1. The van der Waals surface area contributed by atoms with Crippen LogP contribution in [0.2, 0.25) is 5.02 Å². The monoisotopic (exact) mass is 437 g/mol. The third-order valence-electron chi connectivity index (χ3n) is 4.28. The molecule has 0 radical (unpaired) electrons. The molecular formula is C18H16ClN3O4S2. The molecule has 7 nitrogen and oxygen atoms in total. The Kier molecular flexibility index (Phi) is 5.35. The van der Waals surface area contributed by atoms with Gasteiger partial charge >= 0.3 is 0 Å². The summed E-state index contributed by atoms with van der Waals surface area (Å²) in [5.74, 6) is -0.427. The van der Waals surface area contributed by atoms with Gasteiger partial charge in [0, 0.05) is 23.7 Å². The van der Waals surface area contributed by atoms with Gasteiger partial charge in [-0.1, -0.05) is 29.0 Å². The van der Waals surface area contributed by atoms with Crippen LogP contribution < -0.4 is 5.32 Å². The lowest BCUT2D eigenvalue weighted by Gasteiger charge is -2.26. The number of carbonyl (C=O) groups is 1. The number of aromatic nitrogens is 1. The Morgan fingerprint density at radius 3 is 2.75 bits per heavy atom. The number of carbonyl (C=O) groups excluding carboxylic acids is 1. The number of benzene rings is 2. The quantitative estimate of drug-likeness (QED) is 0.677. The molecule has 1 N–H and O–H groups in total. The first-order chi connectivity index (χ1) is 13.4. The van der Waals surface area contributed by atoms with Crippen molar-refractivity contribution in [3.63, 3.8) is 0 Å². The summed E-state index contributed by atoms with van der Waals surface area (Å²) in [7, 11) is -3.67. The normalized spacial score (nSPS) is 15.6. The summed E-state index contributed by atoms with van der Waals surface area (Å²) in [6, 6.07) is 11.3. The van der Waals surface area contributed by atoms with Gasteiger partial charge in [-0.2, -0.15) is 4.31 Å². The van der Waals surface area contributed by atoms with Crippen LogP contribution in [0.4, 0.5) is 5.13 Å². The van der Waals surface area contributed by atoms with Gasteiger partial charge in [0.1, 0.15) is 0 Å². The maximum atomic E-state index is 12.8. The van der Waals surface area contributed by atoms with E-state index in [-0.39, 0.29) is 10.5 Å². The molecule has 10 heteroatoms. The van der Waals surface area contributed by atoms with Crippen molar-refractivity contribution in [3.05, 3.63) is 53.1 Å². The predicted molar refractivity (Wildman–Crippen MR) is 109 cm³/mol. The van der Waals surface area contributed by atoms with Crippen molar-refractivity contribution in [2.45, 2.75) is 4.90 Å². The molecule has 2 aromatic carbocycles. The van der Waals surface area contributed by atoms with E-state index in [1.807, 2.05) is 0 Å². The van der Waals surface area contributed by atoms with Crippen LogP contribution in [0.15, 0.2) is 47.4 Å². The van der Waals surface area contributed by atoms with Crippen LogP contribution in [0.5, 0.6) is 0 Å². The Morgan fingerprint density at radius 1 is 1.18 bits per heavy atom. The number of hydrogen-bond acceptors (Lipinski definition) is 6. The summed E-state index contributed by atoms with van der Waals surface area (Å²) in [5, 5.41) is 3.74. The van der Waals surface area contributed by atoms with Crippen LogP contribution >= 0.6 is 22.9 Å². The summed E-state index contributed by atoms with van der Waals surface area (Å²) in [6.45, 7) is 1.32. The van der Waals surface area contributed by atoms with Gasteiger partial charge in [0.05, 0.1) is 28.3 Å². The summed E-state index contributed by atoms with van der Waals surface area (Å²) in [4.78, 5) is 17.0. The minimum Gasteiger partial charge on any atom is -0.379 e. The third-order valence-corrected chi connectivity index (χ3v) is 7.34. The lowest BCUT2D eigenvalue weighted by Crippen LogP contribution is -2.40. The van der Waals surface area contributed by atoms with E-state index in [4.69, 9.17) is 16.3 Å². The first-order valence-electron chi connectivity index (χ1n) is 8.49. The Hall–Kier alpha value is -2.04. The molecule has 0 spiro atoms. The van der Waals surface area contributed by atoms with Crippen LogP contribution in [0, 0.1) is 0 Å². The molecule has 2 heterocycles. The Morgan fingerprint density at radius 2 is 1.96 bits per heavy atom. The second-order valence-corrected chi connectivity index (χ2v) is 9.53. The number of sulfonamides is 1. The number of rotatable bonds is 4. The molecule has 0 atom stereocenters. The standard InChI is InChI=1S/C18H16ClN3O4S2/c19-13-4-5-15-16(11-13)27-18(20-15)21-17(23)12-2-1-3-14(10-12)28(24,25)22-6-8-26-9-7-22/h1-5,10-11H,6-9H2,(H,20,21,23). The summed E-state index contributed by atoms with van der Waals surface area (Å²) >= 11 is 7.28. The van der Waals surface area contributed by atoms with E-state index in [2.05, 4.69) is 10.3 Å². The van der Waals surface area contributed by atoms with Crippen molar-refractivity contribution in [3.8, 4) is 0 Å². The van der Waals surface area contributed by atoms with Crippen LogP contribution in [-0.4, -0.2) is 49.9 Å². The average Bonchev–Trinajstić information content (AvgIpc) is 3.10. The summed E-state index contributed by atoms with van der Waals surface area (Å²) < 4.78 is 33.0. The van der Waals surface area contributed by atoms with Gasteiger partial charge in [-0.15, -0.1) is 0 Å². The van der Waals surface area contributed by atoms with E-state index >= 15 is 0 Å². The van der Waals surface area contributed by atoms with Crippen LogP contribution in [0.25, 0.3) is 10.2 Å². The van der Waals surface area contributed by atoms with Crippen molar-refractivity contribution in [2.24, 2.45) is 0 Å². The molecule has 28 heavy (non-hydrogen) atoms. The van der Waals surface area contributed by atoms with Crippen molar-refractivity contribution in [1.29, 1.82) is 0 Å². The predicted octanol–water partition coefficient (Wildman–Crippen LogP) is 3.22. The van der Waals surface area contributed by atoms with Gasteiger partial charge in [-0.3, -0.25) is 10.1 Å². The number of thiazole rings is 1. The minimum atomic E-state index is -3.67. The fourth-order valence-corrected chi connectivity index (χ4v) is 5.45. The number of nitrogens with one attached hydrogen (secondary N) is 1. The number of hydrogen-bond donors (Lipinski definition) is 1. The van der Waals surface area contributed by atoms with Gasteiger partial charge in [0.2, 0.25) is 10.0 Å². The van der Waals surface area contributed by atoms with E-state index in [1.54, 1.807) is 30.3 Å². The molecule has 1 aliphatic heterocycles. The van der Waals surface area contributed by atoms with E-state index in [9.17, 15) is 13.2 Å². The zero-order valence-electron chi connectivity index (χ0n) is 14.6. The number of amides is 1. The van der Waals surface area contributed by atoms with Crippen LogP contribution in [0.1, 0.15) is 10.4 Å². The summed E-state index contributed by atoms with van der Waals surface area (Å²) in [5.41, 5.74) is 0.972. The highest BCUT2D eigenvalue weighted by Crippen LogP contribution is 2.28. The van der Waals surface area contributed by atoms with Gasteiger partial charge < -0.3 is 4.74 Å². The van der Waals surface area contributed by atoms with Crippen molar-refractivity contribution in [1.82, 2.24) is 9.29 Å². The summed E-state index contributed by atoms with van der Waals surface area (Å²) in [6.07, 6.45) is 0. The zero-order chi connectivity index (χ0) is 19.7. The molecule has 0 bridgehead atoms. The third kappa shape index (κ3) is 3.89. The molecule has 1 aromatic heterocycles. The number of fused-ring (bicyclic) bond motifs is 1. The number of ether oxygens (including phenoxy) is 1. The van der Waals surface area contributed by atoms with Crippen LogP contribution in [0.3, 0.4) is 0 Å². The smallest absolute Gasteiger partial charge is 0.257 e. The maximum Gasteiger partial charge on any atom is 0.257 e. The molecule has 1 saturated heterocycles. The highest BCUT2D eigenvalue weighted by atomic mass is 35.5. The molecule has 1 aliphatic rings. The molecule has 0 aliphatic carbocycles. The Labute approximate surface area is 170 Å². The molecule has 3 aromatic rings. The van der Waals surface area contributed by atoms with E-state index in [0.29, 0.717) is 36.5 Å². The minimum absolute atomic E-state index is 0.0816. The largest absolute Gasteiger partial charge is 0.379 e. The van der Waals surface area contributed by atoms with E-state index in [0.717, 1.165) is 10.2 Å². The first kappa shape index (κ1) is 19.3. The van der Waals surface area contributed by atoms with Gasteiger partial charge in [0.15, 0.2) is 5.13 Å². The van der Waals surface area contributed by atoms with Gasteiger partial charge in [0.25, 0.3) is 5.91 Å². The fraction of sp³-hybridized carbons (Fsp3) is 0.222. The number of anilines is 1. The maximum absolute atomic E-state index is 12.8. The molecule has 1 fully saturated rings. The fourth-order valence-electron chi connectivity index (χ4n) is 2.86. The molecular weight excluding hydrogens is 422 g/mol.